The molecule has 0 saturated heterocycles. The van der Waals surface area contributed by atoms with Crippen LogP contribution < -0.4 is 0 Å². The topological polar surface area (TPSA) is 151 Å². The fourth-order valence-corrected chi connectivity index (χ4v) is 3.46. The Kier molecular flexibility index (Phi) is 10.1. The zero-order valence-electron chi connectivity index (χ0n) is 20.6. The average molecular weight is 712 g/mol. The van der Waals surface area contributed by atoms with Crippen LogP contribution in [0.1, 0.15) is 64.8 Å². The van der Waals surface area contributed by atoms with Gasteiger partial charge in [0.1, 0.15) is 17.1 Å². The molecule has 3 heterocycles. The van der Waals surface area contributed by atoms with E-state index in [0.29, 0.717) is 0 Å². The van der Waals surface area contributed by atoms with Gasteiger partial charge in [0.25, 0.3) is 0 Å². The number of hydrogen-bond acceptors (Lipinski definition) is 6. The summed E-state index contributed by atoms with van der Waals surface area (Å²) >= 11 is 0. The van der Waals surface area contributed by atoms with Gasteiger partial charge in [0.2, 0.25) is 0 Å². The largest absolute Gasteiger partial charge is 0.477 e. The van der Waals surface area contributed by atoms with Crippen molar-refractivity contribution in [3.63, 3.8) is 0 Å². The van der Waals surface area contributed by atoms with Crippen LogP contribution in [-0.2, 0) is 20.1 Å². The van der Waals surface area contributed by atoms with Gasteiger partial charge in [0.05, 0.1) is 0 Å². The molecule has 3 N–H and O–H groups in total. The van der Waals surface area contributed by atoms with Gasteiger partial charge >= 0.3 is 17.9 Å². The quantitative estimate of drug-likeness (QED) is 0.205. The summed E-state index contributed by atoms with van der Waals surface area (Å²) in [6.07, 6.45) is 15.5. The third-order valence-corrected chi connectivity index (χ3v) is 5.42. The van der Waals surface area contributed by atoms with Crippen molar-refractivity contribution >= 4 is 54.4 Å². The molecule has 0 bridgehead atoms. The standard InChI is InChI=1S/C30H21N3O6.Ir/c34-28(35)25-10-7-19(16-31-25)1-4-22-13-23(5-2-20-8-11-26(29(36)37)32-17-20)15-24(14-22)6-3-21-9-12-27(30(38)39)33-18-21;/h1-18H,(H,34,35)(H,36,37)(H,38,39);/b4-1-,5-2-,6-3-;. The molecule has 0 aliphatic heterocycles. The SMILES string of the molecule is O=C(O)c1ccc(/C=C\c2cc(/C=C\c3ccc(C(=O)O)nc3)cc(/C=C\c3ccc(C(=O)O)nc3)c2)cn1.[Ir]. The third-order valence-electron chi connectivity index (χ3n) is 5.42. The van der Waals surface area contributed by atoms with E-state index in [0.717, 1.165) is 33.4 Å². The Morgan fingerprint density at radius 1 is 0.450 bits per heavy atom. The van der Waals surface area contributed by atoms with Gasteiger partial charge in [-0.1, -0.05) is 54.7 Å². The van der Waals surface area contributed by atoms with Crippen LogP contribution in [0, 0.1) is 0 Å². The molecule has 201 valence electrons. The monoisotopic (exact) mass is 712 g/mol. The van der Waals surface area contributed by atoms with Crippen LogP contribution in [-0.4, -0.2) is 48.2 Å². The van der Waals surface area contributed by atoms with Crippen molar-refractivity contribution in [2.75, 3.05) is 0 Å². The van der Waals surface area contributed by atoms with Crippen molar-refractivity contribution in [3.8, 4) is 0 Å². The summed E-state index contributed by atoms with van der Waals surface area (Å²) in [5.74, 6) is -3.29. The Hall–Kier alpha value is -5.05. The summed E-state index contributed by atoms with van der Waals surface area (Å²) in [5.41, 5.74) is 4.65. The van der Waals surface area contributed by atoms with E-state index in [1.54, 1.807) is 18.2 Å². The fraction of sp³-hybridized carbons (Fsp3) is 0. The first-order valence-corrected chi connectivity index (χ1v) is 11.5. The maximum atomic E-state index is 11.0. The van der Waals surface area contributed by atoms with Crippen molar-refractivity contribution in [1.82, 2.24) is 15.0 Å². The molecule has 0 amide bonds. The second-order valence-corrected chi connectivity index (χ2v) is 8.28. The summed E-state index contributed by atoms with van der Waals surface area (Å²) in [4.78, 5) is 44.9. The van der Waals surface area contributed by atoms with E-state index in [1.807, 2.05) is 54.7 Å². The van der Waals surface area contributed by atoms with Crippen LogP contribution in [0.15, 0.2) is 73.2 Å². The van der Waals surface area contributed by atoms with Crippen LogP contribution in [0.3, 0.4) is 0 Å². The minimum Gasteiger partial charge on any atom is -0.477 e. The van der Waals surface area contributed by atoms with Crippen molar-refractivity contribution in [2.45, 2.75) is 0 Å². The van der Waals surface area contributed by atoms with Crippen LogP contribution in [0.25, 0.3) is 36.5 Å². The molecule has 0 unspecified atom stereocenters. The van der Waals surface area contributed by atoms with E-state index in [4.69, 9.17) is 15.3 Å². The summed E-state index contributed by atoms with van der Waals surface area (Å²) < 4.78 is 0. The summed E-state index contributed by atoms with van der Waals surface area (Å²) in [6.45, 7) is 0. The number of aromatic nitrogens is 3. The third kappa shape index (κ3) is 8.22. The van der Waals surface area contributed by atoms with Gasteiger partial charge < -0.3 is 15.3 Å². The predicted molar refractivity (Wildman–Crippen MR) is 147 cm³/mol. The number of rotatable bonds is 9. The van der Waals surface area contributed by atoms with Gasteiger partial charge in [-0.2, -0.15) is 0 Å². The second kappa shape index (κ2) is 13.7. The zero-order valence-corrected chi connectivity index (χ0v) is 23.0. The van der Waals surface area contributed by atoms with Crippen molar-refractivity contribution in [3.05, 3.63) is 124 Å². The predicted octanol–water partition coefficient (Wildman–Crippen LogP) is 5.47. The Morgan fingerprint density at radius 3 is 0.900 bits per heavy atom. The molecule has 3 aromatic heterocycles. The van der Waals surface area contributed by atoms with E-state index in [1.165, 1.54) is 36.8 Å². The van der Waals surface area contributed by atoms with Gasteiger partial charge in [-0.3, -0.25) is 0 Å². The summed E-state index contributed by atoms with van der Waals surface area (Å²) in [6, 6.07) is 15.1. The fourth-order valence-electron chi connectivity index (χ4n) is 3.46. The molecule has 0 aliphatic rings. The maximum absolute atomic E-state index is 11.0. The Labute approximate surface area is 242 Å². The van der Waals surface area contributed by atoms with E-state index in [-0.39, 0.29) is 37.2 Å². The number of carboxylic acid groups (broad SMARTS) is 3. The summed E-state index contributed by atoms with van der Waals surface area (Å²) in [5, 5.41) is 27.1. The number of nitrogens with zero attached hydrogens (tertiary/aromatic N) is 3. The first kappa shape index (κ1) is 29.5. The molecule has 0 aliphatic carbocycles. The number of benzene rings is 1. The molecule has 0 fully saturated rings. The molecule has 9 nitrogen and oxygen atoms in total. The molecule has 40 heavy (non-hydrogen) atoms. The zero-order chi connectivity index (χ0) is 27.8. The molecule has 10 heteroatoms. The van der Waals surface area contributed by atoms with Crippen LogP contribution in [0.4, 0.5) is 0 Å². The minimum atomic E-state index is -1.10. The van der Waals surface area contributed by atoms with E-state index >= 15 is 0 Å². The first-order valence-electron chi connectivity index (χ1n) is 11.5. The molecule has 0 saturated carbocycles. The molecule has 4 rings (SSSR count). The normalized spacial score (nSPS) is 11.1. The average Bonchev–Trinajstić information content (AvgIpc) is 2.94. The van der Waals surface area contributed by atoms with Crippen molar-refractivity contribution in [1.29, 1.82) is 0 Å². The number of carboxylic acids is 3. The maximum Gasteiger partial charge on any atom is 0.354 e. The number of hydrogen-bond donors (Lipinski definition) is 3. The Bertz CT molecular complexity index is 1410. The van der Waals surface area contributed by atoms with Crippen molar-refractivity contribution in [2.24, 2.45) is 0 Å². The first-order chi connectivity index (χ1) is 18.8. The Morgan fingerprint density at radius 2 is 0.700 bits per heavy atom. The van der Waals surface area contributed by atoms with Gasteiger partial charge in [-0.15, -0.1) is 0 Å². The minimum absolute atomic E-state index is 0. The summed E-state index contributed by atoms with van der Waals surface area (Å²) in [7, 11) is 0. The van der Waals surface area contributed by atoms with Gasteiger partial charge in [0.15, 0.2) is 0 Å². The molecule has 4 aromatic rings. The molecular weight excluding hydrogens is 691 g/mol. The van der Waals surface area contributed by atoms with Gasteiger partial charge in [0, 0.05) is 38.7 Å². The molecule has 1 radical (unpaired) electrons. The molecule has 1 aromatic carbocycles. The van der Waals surface area contributed by atoms with E-state index < -0.39 is 17.9 Å². The number of carbonyl (C=O) groups is 3. The van der Waals surface area contributed by atoms with Crippen LogP contribution in [0.5, 0.6) is 0 Å². The van der Waals surface area contributed by atoms with Gasteiger partial charge in [-0.05, 0) is 69.8 Å². The second-order valence-electron chi connectivity index (χ2n) is 8.28. The van der Waals surface area contributed by atoms with E-state index in [9.17, 15) is 14.4 Å². The smallest absolute Gasteiger partial charge is 0.354 e. The molecule has 0 spiro atoms. The van der Waals surface area contributed by atoms with Gasteiger partial charge in [-0.25, -0.2) is 29.3 Å². The molecule has 0 atom stereocenters. The number of pyridine rings is 3. The molecular formula is C30H21IrN3O6. The van der Waals surface area contributed by atoms with Crippen molar-refractivity contribution < 1.29 is 49.8 Å². The van der Waals surface area contributed by atoms with E-state index in [2.05, 4.69) is 15.0 Å². The van der Waals surface area contributed by atoms with Crippen LogP contribution >= 0.6 is 0 Å². The Balaban J connectivity index is 0.00000441. The number of aromatic carboxylic acids is 3. The van der Waals surface area contributed by atoms with Crippen LogP contribution in [0.2, 0.25) is 0 Å².